The second kappa shape index (κ2) is 14.0. The fourth-order valence-electron chi connectivity index (χ4n) is 4.36. The van der Waals surface area contributed by atoms with E-state index in [2.05, 4.69) is 5.32 Å². The molecule has 0 saturated heterocycles. The summed E-state index contributed by atoms with van der Waals surface area (Å²) in [7, 11) is 0. The minimum atomic E-state index is -1.05. The van der Waals surface area contributed by atoms with Gasteiger partial charge in [0, 0.05) is 11.1 Å². The van der Waals surface area contributed by atoms with Crippen molar-refractivity contribution >= 4 is 23.6 Å². The lowest BCUT2D eigenvalue weighted by Crippen LogP contribution is -2.41. The molecule has 3 N–H and O–H groups in total. The van der Waals surface area contributed by atoms with E-state index in [0.717, 1.165) is 39.1 Å². The Labute approximate surface area is 238 Å². The van der Waals surface area contributed by atoms with Gasteiger partial charge in [-0.15, -0.1) is 0 Å². The smallest absolute Gasteiger partial charge is 0.326 e. The Balaban J connectivity index is 1.49. The maximum Gasteiger partial charge on any atom is 0.326 e. The summed E-state index contributed by atoms with van der Waals surface area (Å²) in [6.07, 6.45) is 2.25. The van der Waals surface area contributed by atoms with E-state index < -0.39 is 17.9 Å². The Morgan fingerprint density at radius 1 is 0.950 bits per heavy atom. The van der Waals surface area contributed by atoms with E-state index in [4.69, 9.17) is 9.15 Å². The van der Waals surface area contributed by atoms with Crippen LogP contribution in [0.3, 0.4) is 0 Å². The fraction of sp³-hybridized carbons (Fsp3) is 0.250. The molecule has 4 aromatic rings. The van der Waals surface area contributed by atoms with Gasteiger partial charge < -0.3 is 24.7 Å². The zero-order valence-corrected chi connectivity index (χ0v) is 23.4. The second-order valence-electron chi connectivity index (χ2n) is 9.45. The number of carbonyl (C=O) groups is 2. The number of nitrogens with one attached hydrogen (secondary N) is 1. The van der Waals surface area contributed by atoms with Gasteiger partial charge in [0.05, 0.1) is 13.2 Å². The van der Waals surface area contributed by atoms with Gasteiger partial charge in [-0.05, 0) is 77.4 Å². The van der Waals surface area contributed by atoms with Gasteiger partial charge in [0.25, 0.3) is 5.91 Å². The van der Waals surface area contributed by atoms with Crippen molar-refractivity contribution in [2.24, 2.45) is 0 Å². The Hall–Kier alpha value is -3.85. The van der Waals surface area contributed by atoms with Crippen LogP contribution in [0, 0.1) is 6.92 Å². The van der Waals surface area contributed by atoms with Crippen LogP contribution in [0.25, 0.3) is 22.5 Å². The standard InChI is InChI=1S/C32H33NO6S/c1-21-5-3-4-6-26(21)28-17-23(9-13-27(28)31(35)33-29(32(36)37)15-16-40-2)19-38-20-25-12-14-30(39-25)24-10-7-22(18-34)8-11-24/h3-14,17,29,34H,15-16,18-20H2,1-2H3,(H,33,35)(H,36,37)/t29-/m0/s1. The number of aliphatic hydroxyl groups excluding tert-OH is 1. The van der Waals surface area contributed by atoms with Gasteiger partial charge >= 0.3 is 5.97 Å². The van der Waals surface area contributed by atoms with E-state index in [1.807, 2.05) is 86.0 Å². The molecule has 0 saturated carbocycles. The quantitative estimate of drug-likeness (QED) is 0.182. The summed E-state index contributed by atoms with van der Waals surface area (Å²) < 4.78 is 11.9. The minimum Gasteiger partial charge on any atom is -0.480 e. The summed E-state index contributed by atoms with van der Waals surface area (Å²) >= 11 is 1.54. The van der Waals surface area contributed by atoms with Crippen LogP contribution >= 0.6 is 11.8 Å². The van der Waals surface area contributed by atoms with Crippen molar-refractivity contribution in [3.8, 4) is 22.5 Å². The summed E-state index contributed by atoms with van der Waals surface area (Å²) in [6.45, 7) is 2.54. The monoisotopic (exact) mass is 559 g/mol. The van der Waals surface area contributed by atoms with Crippen LogP contribution in [-0.2, 0) is 29.4 Å². The molecule has 1 amide bonds. The molecule has 1 aromatic heterocycles. The first kappa shape index (κ1) is 29.1. The lowest BCUT2D eigenvalue weighted by Gasteiger charge is -2.17. The summed E-state index contributed by atoms with van der Waals surface area (Å²) in [4.78, 5) is 25.0. The van der Waals surface area contributed by atoms with Gasteiger partial charge in [-0.1, -0.05) is 54.6 Å². The van der Waals surface area contributed by atoms with E-state index in [9.17, 15) is 19.8 Å². The average Bonchev–Trinajstić information content (AvgIpc) is 3.44. The molecule has 3 aromatic carbocycles. The number of amides is 1. The zero-order chi connectivity index (χ0) is 28.5. The number of hydrogen-bond donors (Lipinski definition) is 3. The largest absolute Gasteiger partial charge is 0.480 e. The number of carboxylic acid groups (broad SMARTS) is 1. The Morgan fingerprint density at radius 3 is 2.40 bits per heavy atom. The Bertz CT molecular complexity index is 1450. The maximum atomic E-state index is 13.3. The Kier molecular flexibility index (Phi) is 10.2. The number of carbonyl (C=O) groups excluding carboxylic acids is 1. The number of aliphatic carboxylic acids is 1. The van der Waals surface area contributed by atoms with Crippen molar-refractivity contribution in [1.29, 1.82) is 0 Å². The van der Waals surface area contributed by atoms with E-state index >= 15 is 0 Å². The molecule has 0 bridgehead atoms. The van der Waals surface area contributed by atoms with Crippen molar-refractivity contribution in [1.82, 2.24) is 5.32 Å². The van der Waals surface area contributed by atoms with Crippen LogP contribution in [0.15, 0.2) is 83.3 Å². The van der Waals surface area contributed by atoms with Gasteiger partial charge in [-0.2, -0.15) is 11.8 Å². The molecule has 0 aliphatic carbocycles. The molecular weight excluding hydrogens is 526 g/mol. The number of furan rings is 1. The molecule has 8 heteroatoms. The lowest BCUT2D eigenvalue weighted by atomic mass is 9.93. The van der Waals surface area contributed by atoms with Crippen LogP contribution in [-0.4, -0.2) is 40.1 Å². The van der Waals surface area contributed by atoms with Crippen LogP contribution in [0.2, 0.25) is 0 Å². The highest BCUT2D eigenvalue weighted by molar-refractivity contribution is 7.98. The first-order valence-electron chi connectivity index (χ1n) is 13.0. The first-order valence-corrected chi connectivity index (χ1v) is 14.4. The van der Waals surface area contributed by atoms with E-state index in [1.165, 1.54) is 11.8 Å². The highest BCUT2D eigenvalue weighted by atomic mass is 32.2. The number of ether oxygens (including phenoxy) is 1. The molecule has 0 aliphatic rings. The summed E-state index contributed by atoms with van der Waals surface area (Å²) in [5.41, 5.74) is 5.66. The molecule has 0 unspecified atom stereocenters. The molecule has 0 spiro atoms. The van der Waals surface area contributed by atoms with Crippen LogP contribution < -0.4 is 5.32 Å². The van der Waals surface area contributed by atoms with E-state index in [0.29, 0.717) is 30.1 Å². The van der Waals surface area contributed by atoms with Crippen molar-refractivity contribution in [3.63, 3.8) is 0 Å². The number of hydrogen-bond acceptors (Lipinski definition) is 6. The third kappa shape index (κ3) is 7.41. The maximum absolute atomic E-state index is 13.3. The molecule has 4 rings (SSSR count). The second-order valence-corrected chi connectivity index (χ2v) is 10.4. The molecule has 40 heavy (non-hydrogen) atoms. The van der Waals surface area contributed by atoms with Crippen molar-refractivity contribution in [2.45, 2.75) is 39.2 Å². The molecular formula is C32H33NO6S. The normalized spacial score (nSPS) is 11.8. The number of carboxylic acids is 1. The molecule has 208 valence electrons. The molecule has 7 nitrogen and oxygen atoms in total. The summed E-state index contributed by atoms with van der Waals surface area (Å²) in [5, 5.41) is 21.5. The lowest BCUT2D eigenvalue weighted by molar-refractivity contribution is -0.139. The summed E-state index contributed by atoms with van der Waals surface area (Å²) in [5.74, 6) is 0.562. The molecule has 1 heterocycles. The number of aliphatic hydroxyl groups is 1. The van der Waals surface area contributed by atoms with Gasteiger partial charge in [0.1, 0.15) is 24.2 Å². The molecule has 1 atom stereocenters. The number of rotatable bonds is 13. The van der Waals surface area contributed by atoms with Gasteiger partial charge in [-0.25, -0.2) is 4.79 Å². The molecule has 0 aliphatic heterocycles. The summed E-state index contributed by atoms with van der Waals surface area (Å²) in [6, 6.07) is 23.6. The predicted molar refractivity (Wildman–Crippen MR) is 157 cm³/mol. The van der Waals surface area contributed by atoms with E-state index in [-0.39, 0.29) is 13.2 Å². The zero-order valence-electron chi connectivity index (χ0n) is 22.6. The Morgan fingerprint density at radius 2 is 1.70 bits per heavy atom. The van der Waals surface area contributed by atoms with Gasteiger partial charge in [0.15, 0.2) is 0 Å². The van der Waals surface area contributed by atoms with Crippen LogP contribution in [0.5, 0.6) is 0 Å². The van der Waals surface area contributed by atoms with Gasteiger partial charge in [-0.3, -0.25) is 4.79 Å². The van der Waals surface area contributed by atoms with Crippen molar-refractivity contribution in [3.05, 3.63) is 107 Å². The van der Waals surface area contributed by atoms with Crippen molar-refractivity contribution in [2.75, 3.05) is 12.0 Å². The predicted octanol–water partition coefficient (Wildman–Crippen LogP) is 6.07. The van der Waals surface area contributed by atoms with Crippen LogP contribution in [0.1, 0.15) is 39.2 Å². The topological polar surface area (TPSA) is 109 Å². The average molecular weight is 560 g/mol. The molecule has 0 radical (unpaired) electrons. The number of thioether (sulfide) groups is 1. The third-order valence-corrected chi connectivity index (χ3v) is 7.22. The van der Waals surface area contributed by atoms with Crippen LogP contribution in [0.4, 0.5) is 0 Å². The number of benzene rings is 3. The van der Waals surface area contributed by atoms with Crippen molar-refractivity contribution < 1.29 is 29.0 Å². The van der Waals surface area contributed by atoms with Gasteiger partial charge in [0.2, 0.25) is 0 Å². The highest BCUT2D eigenvalue weighted by Gasteiger charge is 2.22. The minimum absolute atomic E-state index is 0.00418. The number of aryl methyl sites for hydroxylation is 1. The molecule has 0 fully saturated rings. The van der Waals surface area contributed by atoms with E-state index in [1.54, 1.807) is 6.07 Å². The highest BCUT2D eigenvalue weighted by Crippen LogP contribution is 2.29. The third-order valence-electron chi connectivity index (χ3n) is 6.57. The first-order chi connectivity index (χ1) is 19.4. The SMILES string of the molecule is CSCC[C@H](NC(=O)c1ccc(COCc2ccc(-c3ccc(CO)cc3)o2)cc1-c1ccccc1C)C(=O)O. The fourth-order valence-corrected chi connectivity index (χ4v) is 4.83.